The highest BCUT2D eigenvalue weighted by Gasteiger charge is 2.24. The Morgan fingerprint density at radius 3 is 2.40 bits per heavy atom. The second-order valence-corrected chi connectivity index (χ2v) is 6.49. The molecule has 0 spiro atoms. The Kier molecular flexibility index (Phi) is 3.69. The minimum absolute atomic E-state index is 0.176. The zero-order chi connectivity index (χ0) is 15.1. The summed E-state index contributed by atoms with van der Waals surface area (Å²) in [5, 5.41) is 0. The predicted octanol–water partition coefficient (Wildman–Crippen LogP) is 2.91. The van der Waals surface area contributed by atoms with E-state index in [-0.39, 0.29) is 5.41 Å². The monoisotopic (exact) mass is 338 g/mol. The molecule has 1 aromatic carbocycles. The molecule has 0 saturated heterocycles. The van der Waals surface area contributed by atoms with Crippen molar-refractivity contribution in [2.75, 3.05) is 18.7 Å². The Balaban J connectivity index is 2.57. The summed E-state index contributed by atoms with van der Waals surface area (Å²) >= 11 is 3.46. The molecule has 0 saturated carbocycles. The Morgan fingerprint density at radius 1 is 1.30 bits per heavy atom. The second kappa shape index (κ2) is 5.01. The van der Waals surface area contributed by atoms with Crippen LogP contribution in [0.2, 0.25) is 0 Å². The summed E-state index contributed by atoms with van der Waals surface area (Å²) in [6.45, 7) is 6.14. The van der Waals surface area contributed by atoms with E-state index in [0.29, 0.717) is 11.5 Å². The minimum Gasteiger partial charge on any atom is -0.496 e. The molecule has 4 N–H and O–H groups in total. The molecule has 0 aliphatic heterocycles. The van der Waals surface area contributed by atoms with E-state index in [1.165, 1.54) is 4.68 Å². The fourth-order valence-electron chi connectivity index (χ4n) is 2.00. The van der Waals surface area contributed by atoms with Crippen molar-refractivity contribution in [2.45, 2.75) is 26.2 Å². The lowest BCUT2D eigenvalue weighted by atomic mass is 9.96. The summed E-state index contributed by atoms with van der Waals surface area (Å²) in [7, 11) is 1.63. The van der Waals surface area contributed by atoms with Crippen LogP contribution in [0.4, 0.5) is 5.82 Å². The highest BCUT2D eigenvalue weighted by molar-refractivity contribution is 9.10. The first-order valence-electron chi connectivity index (χ1n) is 6.23. The van der Waals surface area contributed by atoms with Gasteiger partial charge in [-0.3, -0.25) is 0 Å². The maximum atomic E-state index is 6.08. The molecule has 2 rings (SSSR count). The average Bonchev–Trinajstić information content (AvgIpc) is 2.66. The van der Waals surface area contributed by atoms with Gasteiger partial charge in [-0.25, -0.2) is 9.66 Å². The molecule has 0 bridgehead atoms. The molecular weight excluding hydrogens is 320 g/mol. The van der Waals surface area contributed by atoms with E-state index in [9.17, 15) is 0 Å². The molecule has 0 aliphatic rings. The van der Waals surface area contributed by atoms with Crippen molar-refractivity contribution >= 4 is 21.7 Å². The molecule has 2 aromatic rings. The van der Waals surface area contributed by atoms with Gasteiger partial charge in [0, 0.05) is 11.0 Å². The highest BCUT2D eigenvalue weighted by atomic mass is 79.9. The molecule has 0 radical (unpaired) electrons. The summed E-state index contributed by atoms with van der Waals surface area (Å²) < 4.78 is 7.52. The first kappa shape index (κ1) is 14.7. The molecule has 1 aromatic heterocycles. The number of imidazole rings is 1. The standard InChI is InChI=1S/C14H19BrN4O/c1-14(2,3)13-18-11(12(16)19(13)17)8-5-6-10(20-4)9(15)7-8/h5-7H,16-17H2,1-4H3. The van der Waals surface area contributed by atoms with Gasteiger partial charge in [0.15, 0.2) is 5.82 Å². The van der Waals surface area contributed by atoms with Gasteiger partial charge in [0.25, 0.3) is 0 Å². The maximum absolute atomic E-state index is 6.08. The lowest BCUT2D eigenvalue weighted by Gasteiger charge is -2.17. The van der Waals surface area contributed by atoms with E-state index in [4.69, 9.17) is 16.3 Å². The number of nitrogen functional groups attached to an aromatic ring is 2. The Morgan fingerprint density at radius 2 is 1.95 bits per heavy atom. The molecule has 5 nitrogen and oxygen atoms in total. The summed E-state index contributed by atoms with van der Waals surface area (Å²) in [6, 6.07) is 5.70. The number of halogens is 1. The number of nitrogens with two attached hydrogens (primary N) is 2. The molecule has 0 fully saturated rings. The molecule has 1 heterocycles. The maximum Gasteiger partial charge on any atom is 0.150 e. The van der Waals surface area contributed by atoms with Crippen LogP contribution in [0, 0.1) is 0 Å². The quantitative estimate of drug-likeness (QED) is 0.825. The van der Waals surface area contributed by atoms with Gasteiger partial charge >= 0.3 is 0 Å². The van der Waals surface area contributed by atoms with Crippen LogP contribution in [-0.2, 0) is 5.41 Å². The molecule has 0 amide bonds. The molecule has 0 unspecified atom stereocenters. The number of anilines is 1. The van der Waals surface area contributed by atoms with Crippen molar-refractivity contribution in [2.24, 2.45) is 0 Å². The topological polar surface area (TPSA) is 79.1 Å². The number of hydrogen-bond acceptors (Lipinski definition) is 4. The molecule has 0 atom stereocenters. The Labute approximate surface area is 127 Å². The van der Waals surface area contributed by atoms with Crippen LogP contribution in [0.1, 0.15) is 26.6 Å². The van der Waals surface area contributed by atoms with Crippen molar-refractivity contribution in [1.82, 2.24) is 9.66 Å². The van der Waals surface area contributed by atoms with Crippen molar-refractivity contribution in [3.8, 4) is 17.0 Å². The van der Waals surface area contributed by atoms with E-state index in [0.717, 1.165) is 21.6 Å². The van der Waals surface area contributed by atoms with E-state index in [2.05, 4.69) is 20.9 Å². The molecule has 20 heavy (non-hydrogen) atoms. The summed E-state index contributed by atoms with van der Waals surface area (Å²) in [6.07, 6.45) is 0. The predicted molar refractivity (Wildman–Crippen MR) is 85.2 cm³/mol. The van der Waals surface area contributed by atoms with Gasteiger partial charge < -0.3 is 16.3 Å². The number of hydrogen-bond donors (Lipinski definition) is 2. The third kappa shape index (κ3) is 2.47. The zero-order valence-corrected chi connectivity index (χ0v) is 13.7. The van der Waals surface area contributed by atoms with Gasteiger partial charge in [-0.2, -0.15) is 0 Å². The second-order valence-electron chi connectivity index (χ2n) is 5.64. The summed E-state index contributed by atoms with van der Waals surface area (Å²) in [5.41, 5.74) is 7.48. The first-order valence-corrected chi connectivity index (χ1v) is 7.02. The van der Waals surface area contributed by atoms with Gasteiger partial charge in [0.2, 0.25) is 0 Å². The lowest BCUT2D eigenvalue weighted by Crippen LogP contribution is -2.24. The van der Waals surface area contributed by atoms with Gasteiger partial charge in [-0.05, 0) is 34.1 Å². The number of ether oxygens (including phenoxy) is 1. The van der Waals surface area contributed by atoms with E-state index < -0.39 is 0 Å². The van der Waals surface area contributed by atoms with Crippen molar-refractivity contribution in [1.29, 1.82) is 0 Å². The Bertz CT molecular complexity index is 643. The molecule has 0 aliphatic carbocycles. The average molecular weight is 339 g/mol. The van der Waals surface area contributed by atoms with Crippen molar-refractivity contribution in [3.05, 3.63) is 28.5 Å². The van der Waals surface area contributed by atoms with Gasteiger partial charge in [-0.1, -0.05) is 20.8 Å². The van der Waals surface area contributed by atoms with Crippen LogP contribution in [0.25, 0.3) is 11.3 Å². The highest BCUT2D eigenvalue weighted by Crippen LogP contribution is 2.34. The number of nitrogens with zero attached hydrogens (tertiary/aromatic N) is 2. The zero-order valence-electron chi connectivity index (χ0n) is 12.1. The van der Waals surface area contributed by atoms with Crippen LogP contribution in [0.15, 0.2) is 22.7 Å². The number of aromatic nitrogens is 2. The smallest absolute Gasteiger partial charge is 0.150 e. The van der Waals surface area contributed by atoms with Crippen LogP contribution in [0.5, 0.6) is 5.75 Å². The van der Waals surface area contributed by atoms with Crippen LogP contribution < -0.4 is 16.3 Å². The SMILES string of the molecule is COc1ccc(-c2nc(C(C)(C)C)n(N)c2N)cc1Br. The number of methoxy groups -OCH3 is 1. The summed E-state index contributed by atoms with van der Waals surface area (Å²) in [5.74, 6) is 7.97. The van der Waals surface area contributed by atoms with Crippen LogP contribution in [-0.4, -0.2) is 16.8 Å². The van der Waals surface area contributed by atoms with Gasteiger partial charge in [0.1, 0.15) is 17.3 Å². The third-order valence-electron chi connectivity index (χ3n) is 3.04. The largest absolute Gasteiger partial charge is 0.496 e. The van der Waals surface area contributed by atoms with Crippen LogP contribution in [0.3, 0.4) is 0 Å². The molecule has 108 valence electrons. The Hall–Kier alpha value is -1.69. The van der Waals surface area contributed by atoms with Crippen molar-refractivity contribution < 1.29 is 4.74 Å². The fourth-order valence-corrected chi connectivity index (χ4v) is 2.54. The van der Waals surface area contributed by atoms with Gasteiger partial charge in [-0.15, -0.1) is 0 Å². The van der Waals surface area contributed by atoms with Crippen molar-refractivity contribution in [3.63, 3.8) is 0 Å². The number of benzene rings is 1. The minimum atomic E-state index is -0.176. The van der Waals surface area contributed by atoms with E-state index >= 15 is 0 Å². The molecular formula is C14H19BrN4O. The fraction of sp³-hybridized carbons (Fsp3) is 0.357. The van der Waals surface area contributed by atoms with Crippen LogP contribution >= 0.6 is 15.9 Å². The van der Waals surface area contributed by atoms with Gasteiger partial charge in [0.05, 0.1) is 11.6 Å². The lowest BCUT2D eigenvalue weighted by molar-refractivity contribution is 0.412. The number of rotatable bonds is 2. The normalized spacial score (nSPS) is 11.7. The van der Waals surface area contributed by atoms with E-state index in [1.807, 2.05) is 39.0 Å². The third-order valence-corrected chi connectivity index (χ3v) is 3.66. The summed E-state index contributed by atoms with van der Waals surface area (Å²) in [4.78, 5) is 4.60. The molecule has 6 heteroatoms. The van der Waals surface area contributed by atoms with E-state index in [1.54, 1.807) is 7.11 Å². The first-order chi connectivity index (χ1) is 9.25.